The quantitative estimate of drug-likeness (QED) is 0.859. The van der Waals surface area contributed by atoms with Crippen LogP contribution in [-0.4, -0.2) is 12.6 Å². The number of nitrogens with one attached hydrogen (secondary N) is 1. The van der Waals surface area contributed by atoms with Gasteiger partial charge in [0.2, 0.25) is 0 Å². The lowest BCUT2D eigenvalue weighted by Gasteiger charge is -2.35. The molecule has 0 amide bonds. The predicted octanol–water partition coefficient (Wildman–Crippen LogP) is 4.46. The fraction of sp³-hybridized carbons (Fsp3) is 0.667. The Hall–Kier alpha value is -1.02. The van der Waals surface area contributed by atoms with Crippen molar-refractivity contribution < 1.29 is 4.74 Å². The van der Waals surface area contributed by atoms with Gasteiger partial charge in [-0.2, -0.15) is 0 Å². The molecule has 0 bridgehead atoms. The Kier molecular flexibility index (Phi) is 4.62. The number of para-hydroxylation sites is 1. The van der Waals surface area contributed by atoms with Gasteiger partial charge in [0.05, 0.1) is 6.61 Å². The van der Waals surface area contributed by atoms with Gasteiger partial charge in [-0.25, -0.2) is 0 Å². The number of benzene rings is 1. The second kappa shape index (κ2) is 6.62. The lowest BCUT2D eigenvalue weighted by molar-refractivity contribution is 0.175. The molecule has 1 aliphatic heterocycles. The molecule has 3 rings (SSSR count). The highest BCUT2D eigenvalue weighted by Gasteiger charge is 2.29. The third kappa shape index (κ3) is 3.17. The molecule has 0 aromatic heterocycles. The molecule has 2 unspecified atom stereocenters. The molecule has 1 heterocycles. The summed E-state index contributed by atoms with van der Waals surface area (Å²) in [5.41, 5.74) is 1.35. The minimum absolute atomic E-state index is 0.462. The molecule has 1 aromatic carbocycles. The van der Waals surface area contributed by atoms with E-state index in [1.165, 1.54) is 50.5 Å². The number of hydrogen-bond acceptors (Lipinski definition) is 2. The molecular weight excluding hydrogens is 246 g/mol. The molecule has 1 fully saturated rings. The fourth-order valence-electron chi connectivity index (χ4n) is 3.62. The number of rotatable bonds is 2. The molecule has 2 atom stereocenters. The van der Waals surface area contributed by atoms with E-state index in [-0.39, 0.29) is 0 Å². The highest BCUT2D eigenvalue weighted by atomic mass is 16.5. The molecule has 110 valence electrons. The highest BCUT2D eigenvalue weighted by Crippen LogP contribution is 2.36. The van der Waals surface area contributed by atoms with E-state index in [4.69, 9.17) is 4.74 Å². The molecule has 1 saturated carbocycles. The third-order valence-corrected chi connectivity index (χ3v) is 4.85. The molecule has 1 N–H and O–H groups in total. The van der Waals surface area contributed by atoms with E-state index >= 15 is 0 Å². The molecule has 20 heavy (non-hydrogen) atoms. The first-order valence-electron chi connectivity index (χ1n) is 8.32. The first-order chi connectivity index (χ1) is 9.84. The van der Waals surface area contributed by atoms with E-state index in [9.17, 15) is 0 Å². The zero-order valence-corrected chi connectivity index (χ0v) is 12.6. The summed E-state index contributed by atoms with van der Waals surface area (Å²) in [5.74, 6) is 1.63. The summed E-state index contributed by atoms with van der Waals surface area (Å²) in [6.45, 7) is 3.14. The zero-order valence-electron chi connectivity index (χ0n) is 12.6. The van der Waals surface area contributed by atoms with Crippen molar-refractivity contribution >= 4 is 0 Å². The van der Waals surface area contributed by atoms with Crippen LogP contribution in [0.4, 0.5) is 0 Å². The second-order valence-corrected chi connectivity index (χ2v) is 6.51. The van der Waals surface area contributed by atoms with Gasteiger partial charge in [0.1, 0.15) is 5.75 Å². The first kappa shape index (κ1) is 13.9. The Morgan fingerprint density at radius 3 is 2.50 bits per heavy atom. The van der Waals surface area contributed by atoms with Crippen molar-refractivity contribution in [2.45, 2.75) is 64.0 Å². The maximum atomic E-state index is 5.86. The monoisotopic (exact) mass is 273 g/mol. The first-order valence-corrected chi connectivity index (χ1v) is 8.32. The van der Waals surface area contributed by atoms with Crippen molar-refractivity contribution in [1.29, 1.82) is 0 Å². The van der Waals surface area contributed by atoms with Crippen molar-refractivity contribution in [3.63, 3.8) is 0 Å². The summed E-state index contributed by atoms with van der Waals surface area (Å²) in [6.07, 6.45) is 9.71. The Balaban J connectivity index is 1.71. The normalized spacial score (nSPS) is 28.1. The molecule has 0 saturated heterocycles. The standard InChI is InChI=1S/C18H27NO/c1-14-13-20-17-12-8-7-11-16(17)18(14)19-15-9-5-3-2-4-6-10-15/h7-8,11-12,14-15,18-19H,2-6,9-10,13H2,1H3. The Morgan fingerprint density at radius 1 is 1.00 bits per heavy atom. The topological polar surface area (TPSA) is 21.3 Å². The maximum absolute atomic E-state index is 5.86. The van der Waals surface area contributed by atoms with Crippen LogP contribution in [0.1, 0.15) is 63.5 Å². The predicted molar refractivity (Wildman–Crippen MR) is 83.1 cm³/mol. The van der Waals surface area contributed by atoms with Crippen LogP contribution in [0.3, 0.4) is 0 Å². The summed E-state index contributed by atoms with van der Waals surface area (Å²) in [6, 6.07) is 9.69. The zero-order chi connectivity index (χ0) is 13.8. The second-order valence-electron chi connectivity index (χ2n) is 6.51. The molecule has 2 heteroatoms. The Morgan fingerprint density at radius 2 is 1.70 bits per heavy atom. The summed E-state index contributed by atoms with van der Waals surface area (Å²) in [5, 5.41) is 3.95. The lowest BCUT2D eigenvalue weighted by atomic mass is 9.89. The van der Waals surface area contributed by atoms with E-state index in [1.54, 1.807) is 0 Å². The third-order valence-electron chi connectivity index (χ3n) is 4.85. The van der Waals surface area contributed by atoms with Crippen LogP contribution in [0.5, 0.6) is 5.75 Å². The maximum Gasteiger partial charge on any atom is 0.124 e. The molecule has 1 aromatic rings. The van der Waals surface area contributed by atoms with Crippen molar-refractivity contribution in [3.8, 4) is 5.75 Å². The smallest absolute Gasteiger partial charge is 0.124 e. The van der Waals surface area contributed by atoms with Crippen molar-refractivity contribution in [1.82, 2.24) is 5.32 Å². The van der Waals surface area contributed by atoms with Gasteiger partial charge in [0.25, 0.3) is 0 Å². The van der Waals surface area contributed by atoms with Gasteiger partial charge in [-0.05, 0) is 18.9 Å². The van der Waals surface area contributed by atoms with Gasteiger partial charge >= 0.3 is 0 Å². The Bertz CT molecular complexity index is 423. The van der Waals surface area contributed by atoms with Gasteiger partial charge in [0, 0.05) is 23.6 Å². The van der Waals surface area contributed by atoms with Crippen LogP contribution in [-0.2, 0) is 0 Å². The molecule has 0 radical (unpaired) electrons. The van der Waals surface area contributed by atoms with Crippen LogP contribution < -0.4 is 10.1 Å². The van der Waals surface area contributed by atoms with E-state index in [2.05, 4.69) is 36.5 Å². The van der Waals surface area contributed by atoms with E-state index in [0.29, 0.717) is 18.0 Å². The highest BCUT2D eigenvalue weighted by molar-refractivity contribution is 5.38. The SMILES string of the molecule is CC1COc2ccccc2C1NC1CCCCCCC1. The molecule has 2 aliphatic rings. The number of ether oxygens (including phenoxy) is 1. The number of hydrogen-bond donors (Lipinski definition) is 1. The van der Waals surface area contributed by atoms with Gasteiger partial charge in [-0.15, -0.1) is 0 Å². The van der Waals surface area contributed by atoms with E-state index < -0.39 is 0 Å². The van der Waals surface area contributed by atoms with Crippen molar-refractivity contribution in [3.05, 3.63) is 29.8 Å². The van der Waals surface area contributed by atoms with Crippen molar-refractivity contribution in [2.75, 3.05) is 6.61 Å². The Labute approximate surface area is 122 Å². The van der Waals surface area contributed by atoms with Crippen LogP contribution in [0, 0.1) is 5.92 Å². The van der Waals surface area contributed by atoms with Gasteiger partial charge in [-0.1, -0.05) is 57.2 Å². The number of fused-ring (bicyclic) bond motifs is 1. The van der Waals surface area contributed by atoms with Crippen molar-refractivity contribution in [2.24, 2.45) is 5.92 Å². The van der Waals surface area contributed by atoms with Gasteiger partial charge < -0.3 is 10.1 Å². The van der Waals surface area contributed by atoms with Gasteiger partial charge in [0.15, 0.2) is 0 Å². The minimum Gasteiger partial charge on any atom is -0.493 e. The van der Waals surface area contributed by atoms with Crippen LogP contribution in [0.15, 0.2) is 24.3 Å². The summed E-state index contributed by atoms with van der Waals surface area (Å²) in [7, 11) is 0. The molecular formula is C18H27NO. The minimum atomic E-state index is 0.462. The van der Waals surface area contributed by atoms with E-state index in [1.807, 2.05) is 0 Å². The average molecular weight is 273 g/mol. The van der Waals surface area contributed by atoms with E-state index in [0.717, 1.165) is 12.4 Å². The van der Waals surface area contributed by atoms with Crippen LogP contribution in [0.25, 0.3) is 0 Å². The average Bonchev–Trinajstić information content (AvgIpc) is 2.44. The largest absolute Gasteiger partial charge is 0.493 e. The fourth-order valence-corrected chi connectivity index (χ4v) is 3.62. The summed E-state index contributed by atoms with van der Waals surface area (Å²) in [4.78, 5) is 0. The molecule has 1 aliphatic carbocycles. The lowest BCUT2D eigenvalue weighted by Crippen LogP contribution is -2.40. The van der Waals surface area contributed by atoms with Crippen LogP contribution in [0.2, 0.25) is 0 Å². The van der Waals surface area contributed by atoms with Crippen LogP contribution >= 0.6 is 0 Å². The van der Waals surface area contributed by atoms with Gasteiger partial charge in [-0.3, -0.25) is 0 Å². The summed E-state index contributed by atoms with van der Waals surface area (Å²) >= 11 is 0. The summed E-state index contributed by atoms with van der Waals surface area (Å²) < 4.78 is 5.86. The molecule has 2 nitrogen and oxygen atoms in total. The molecule has 0 spiro atoms.